The zero-order valence-electron chi connectivity index (χ0n) is 14.7. The molecule has 0 atom stereocenters. The molecule has 2 heterocycles. The van der Waals surface area contributed by atoms with Crippen LogP contribution >= 0.6 is 12.2 Å². The number of hydrogen-bond donors (Lipinski definition) is 2. The Labute approximate surface area is 163 Å². The van der Waals surface area contributed by atoms with Crippen molar-refractivity contribution in [1.82, 2.24) is 15.0 Å². The second kappa shape index (κ2) is 8.61. The fraction of sp³-hybridized carbons (Fsp3) is 0.294. The Morgan fingerprint density at radius 3 is 2.56 bits per heavy atom. The van der Waals surface area contributed by atoms with Crippen molar-refractivity contribution in [2.75, 3.05) is 33.4 Å². The molecule has 2 N–H and O–H groups in total. The minimum absolute atomic E-state index is 0.256. The number of thiocarbonyl (C=S) groups is 1. The summed E-state index contributed by atoms with van der Waals surface area (Å²) in [5.41, 5.74) is 3.41. The van der Waals surface area contributed by atoms with Crippen LogP contribution in [0, 0.1) is 0 Å². The molecule has 0 spiro atoms. The van der Waals surface area contributed by atoms with E-state index in [2.05, 4.69) is 15.8 Å². The number of sulfonamides is 1. The molecule has 8 nitrogen and oxygen atoms in total. The normalized spacial score (nSPS) is 15.7. The monoisotopic (exact) mass is 408 g/mol. The van der Waals surface area contributed by atoms with E-state index in [1.54, 1.807) is 43.4 Å². The number of nitrogens with zero attached hydrogens (tertiary/aromatic N) is 2. The summed E-state index contributed by atoms with van der Waals surface area (Å²) in [5, 5.41) is 7.09. The van der Waals surface area contributed by atoms with Crippen molar-refractivity contribution in [3.8, 4) is 11.3 Å². The van der Waals surface area contributed by atoms with Crippen LogP contribution in [-0.2, 0) is 14.8 Å². The summed E-state index contributed by atoms with van der Waals surface area (Å²) in [4.78, 5) is 0.256. The SMILES string of the molecule is CNC(=S)N/N=C\c1ccc(-c2ccc(S(=O)(=O)N3CCOCC3)cc2)o1. The van der Waals surface area contributed by atoms with Crippen LogP contribution in [0.1, 0.15) is 5.76 Å². The van der Waals surface area contributed by atoms with E-state index in [-0.39, 0.29) is 4.90 Å². The van der Waals surface area contributed by atoms with Crippen molar-refractivity contribution in [2.45, 2.75) is 4.90 Å². The summed E-state index contributed by atoms with van der Waals surface area (Å²) in [7, 11) is -1.81. The third-order valence-corrected chi connectivity index (χ3v) is 6.17. The molecule has 0 saturated carbocycles. The number of rotatable bonds is 5. The van der Waals surface area contributed by atoms with E-state index in [4.69, 9.17) is 21.4 Å². The highest BCUT2D eigenvalue weighted by molar-refractivity contribution is 7.89. The molecule has 27 heavy (non-hydrogen) atoms. The molecule has 2 aromatic rings. The number of morpholine rings is 1. The molecule has 1 aromatic carbocycles. The van der Waals surface area contributed by atoms with Gasteiger partial charge in [-0.3, -0.25) is 5.43 Å². The summed E-state index contributed by atoms with van der Waals surface area (Å²) < 4.78 is 37.6. The zero-order chi connectivity index (χ0) is 19.3. The first kappa shape index (κ1) is 19.5. The van der Waals surface area contributed by atoms with Gasteiger partial charge in [-0.2, -0.15) is 9.41 Å². The Morgan fingerprint density at radius 1 is 1.19 bits per heavy atom. The van der Waals surface area contributed by atoms with Crippen LogP contribution in [0.3, 0.4) is 0 Å². The minimum Gasteiger partial charge on any atom is -0.455 e. The number of nitrogens with one attached hydrogen (secondary N) is 2. The molecule has 1 saturated heterocycles. The van der Waals surface area contributed by atoms with Gasteiger partial charge in [0.05, 0.1) is 24.3 Å². The lowest BCUT2D eigenvalue weighted by atomic mass is 10.2. The van der Waals surface area contributed by atoms with Gasteiger partial charge in [-0.05, 0) is 48.6 Å². The highest BCUT2D eigenvalue weighted by atomic mass is 32.2. The van der Waals surface area contributed by atoms with Crippen molar-refractivity contribution in [3.05, 3.63) is 42.2 Å². The maximum absolute atomic E-state index is 12.6. The van der Waals surface area contributed by atoms with Crippen molar-refractivity contribution in [2.24, 2.45) is 5.10 Å². The Kier molecular flexibility index (Phi) is 6.22. The predicted octanol–water partition coefficient (Wildman–Crippen LogP) is 1.40. The maximum Gasteiger partial charge on any atom is 0.243 e. The largest absolute Gasteiger partial charge is 0.455 e. The molecular weight excluding hydrogens is 388 g/mol. The van der Waals surface area contributed by atoms with E-state index < -0.39 is 10.0 Å². The van der Waals surface area contributed by atoms with Crippen LogP contribution < -0.4 is 10.7 Å². The lowest BCUT2D eigenvalue weighted by molar-refractivity contribution is 0.0730. The molecule has 1 aliphatic rings. The predicted molar refractivity (Wildman–Crippen MR) is 106 cm³/mol. The number of hydrogen-bond acceptors (Lipinski definition) is 6. The van der Waals surface area contributed by atoms with E-state index in [0.29, 0.717) is 42.9 Å². The second-order valence-corrected chi connectivity index (χ2v) is 8.04. The third kappa shape index (κ3) is 4.72. The van der Waals surface area contributed by atoms with E-state index in [1.165, 1.54) is 10.5 Å². The summed E-state index contributed by atoms with van der Waals surface area (Å²) in [5.74, 6) is 1.16. The molecule has 144 valence electrons. The first-order valence-corrected chi connectivity index (χ1v) is 10.1. The lowest BCUT2D eigenvalue weighted by Crippen LogP contribution is -2.40. The highest BCUT2D eigenvalue weighted by Crippen LogP contribution is 2.24. The quantitative estimate of drug-likeness (QED) is 0.438. The molecule has 1 aliphatic heterocycles. The molecule has 0 radical (unpaired) electrons. The fourth-order valence-corrected chi connectivity index (χ4v) is 3.98. The van der Waals surface area contributed by atoms with Gasteiger partial charge in [0.25, 0.3) is 0 Å². The number of hydrazone groups is 1. The van der Waals surface area contributed by atoms with Crippen LogP contribution in [0.2, 0.25) is 0 Å². The summed E-state index contributed by atoms with van der Waals surface area (Å²) in [6.45, 7) is 1.58. The van der Waals surface area contributed by atoms with Crippen LogP contribution in [0.4, 0.5) is 0 Å². The van der Waals surface area contributed by atoms with Gasteiger partial charge in [-0.15, -0.1) is 0 Å². The molecule has 1 aromatic heterocycles. The Morgan fingerprint density at radius 2 is 1.89 bits per heavy atom. The van der Waals surface area contributed by atoms with Gasteiger partial charge < -0.3 is 14.5 Å². The van der Waals surface area contributed by atoms with Gasteiger partial charge in [0.1, 0.15) is 11.5 Å². The maximum atomic E-state index is 12.6. The first-order chi connectivity index (χ1) is 13.0. The zero-order valence-corrected chi connectivity index (χ0v) is 16.3. The standard InChI is InChI=1S/C17H20N4O4S2/c1-18-17(26)20-19-12-14-4-7-16(25-14)13-2-5-15(6-3-13)27(22,23)21-8-10-24-11-9-21/h2-7,12H,8-11H2,1H3,(H2,18,20,26)/b19-12-. The van der Waals surface area contributed by atoms with Crippen LogP contribution in [0.15, 0.2) is 50.8 Å². The van der Waals surface area contributed by atoms with E-state index in [1.807, 2.05) is 0 Å². The van der Waals surface area contributed by atoms with Crippen LogP contribution in [0.5, 0.6) is 0 Å². The number of ether oxygens (including phenoxy) is 1. The smallest absolute Gasteiger partial charge is 0.243 e. The lowest BCUT2D eigenvalue weighted by Gasteiger charge is -2.26. The fourth-order valence-electron chi connectivity index (χ4n) is 2.51. The number of benzene rings is 1. The van der Waals surface area contributed by atoms with Gasteiger partial charge in [-0.25, -0.2) is 8.42 Å². The van der Waals surface area contributed by atoms with Crippen molar-refractivity contribution in [3.63, 3.8) is 0 Å². The second-order valence-electron chi connectivity index (χ2n) is 5.69. The molecule has 0 unspecified atom stereocenters. The first-order valence-electron chi connectivity index (χ1n) is 8.29. The summed E-state index contributed by atoms with van der Waals surface area (Å²) in [6.07, 6.45) is 1.50. The number of furan rings is 1. The molecule has 3 rings (SSSR count). The van der Waals surface area contributed by atoms with Crippen molar-refractivity contribution >= 4 is 33.6 Å². The van der Waals surface area contributed by atoms with Gasteiger partial charge >= 0.3 is 0 Å². The Balaban J connectivity index is 1.71. The van der Waals surface area contributed by atoms with Gasteiger partial charge in [0.15, 0.2) is 5.11 Å². The summed E-state index contributed by atoms with van der Waals surface area (Å²) in [6, 6.07) is 10.2. The van der Waals surface area contributed by atoms with Crippen LogP contribution in [-0.4, -0.2) is 57.4 Å². The van der Waals surface area contributed by atoms with Gasteiger partial charge in [0.2, 0.25) is 10.0 Å². The molecule has 0 aliphatic carbocycles. The molecule has 0 bridgehead atoms. The highest BCUT2D eigenvalue weighted by Gasteiger charge is 2.26. The molecular formula is C17H20N4O4S2. The Bertz CT molecular complexity index is 917. The Hall–Kier alpha value is -2.27. The molecule has 10 heteroatoms. The van der Waals surface area contributed by atoms with Gasteiger partial charge in [0, 0.05) is 25.7 Å². The average Bonchev–Trinajstić information content (AvgIpc) is 3.17. The van der Waals surface area contributed by atoms with E-state index in [9.17, 15) is 8.42 Å². The van der Waals surface area contributed by atoms with Gasteiger partial charge in [-0.1, -0.05) is 0 Å². The van der Waals surface area contributed by atoms with E-state index in [0.717, 1.165) is 5.56 Å². The van der Waals surface area contributed by atoms with Crippen molar-refractivity contribution < 1.29 is 17.6 Å². The van der Waals surface area contributed by atoms with Crippen molar-refractivity contribution in [1.29, 1.82) is 0 Å². The molecule has 0 amide bonds. The molecule has 1 fully saturated rings. The third-order valence-electron chi connectivity index (χ3n) is 3.96. The minimum atomic E-state index is -3.50. The summed E-state index contributed by atoms with van der Waals surface area (Å²) >= 11 is 4.92. The average molecular weight is 409 g/mol. The topological polar surface area (TPSA) is 96.2 Å². The van der Waals surface area contributed by atoms with E-state index >= 15 is 0 Å². The van der Waals surface area contributed by atoms with Crippen LogP contribution in [0.25, 0.3) is 11.3 Å².